The molecular weight excluding hydrogens is 208 g/mol. The van der Waals surface area contributed by atoms with Gasteiger partial charge in [-0.15, -0.1) is 0 Å². The molecule has 17 heavy (non-hydrogen) atoms. The highest BCUT2D eigenvalue weighted by Gasteiger charge is 2.09. The molecule has 0 fully saturated rings. The van der Waals surface area contributed by atoms with Gasteiger partial charge >= 0.3 is 0 Å². The largest absolute Gasteiger partial charge is 0.310 e. The van der Waals surface area contributed by atoms with E-state index < -0.39 is 0 Å². The number of nitrogens with one attached hydrogen (secondary N) is 1. The molecule has 1 heterocycles. The third-order valence-corrected chi connectivity index (χ3v) is 3.12. The second kappa shape index (κ2) is 8.24. The van der Waals surface area contributed by atoms with Crippen molar-refractivity contribution >= 4 is 0 Å². The standard InChI is InChI=1S/C15H26N2/c1-4-6-7-8-9-15(16-5-2)14-10-11-17-13(3)12-14/h10-12,15-16H,4-9H2,1-3H3. The van der Waals surface area contributed by atoms with Crippen molar-refractivity contribution in [2.45, 2.75) is 58.9 Å². The lowest BCUT2D eigenvalue weighted by atomic mass is 10.0. The third kappa shape index (κ3) is 5.31. The Morgan fingerprint density at radius 2 is 2.06 bits per heavy atom. The Morgan fingerprint density at radius 3 is 2.71 bits per heavy atom. The van der Waals surface area contributed by atoms with Gasteiger partial charge in [0.2, 0.25) is 0 Å². The molecule has 0 saturated carbocycles. The zero-order chi connectivity index (χ0) is 12.5. The van der Waals surface area contributed by atoms with Crippen molar-refractivity contribution in [2.24, 2.45) is 0 Å². The topological polar surface area (TPSA) is 24.9 Å². The van der Waals surface area contributed by atoms with E-state index in [0.717, 1.165) is 12.2 Å². The number of aryl methyl sites for hydroxylation is 1. The molecule has 0 bridgehead atoms. The summed E-state index contributed by atoms with van der Waals surface area (Å²) in [4.78, 5) is 4.26. The zero-order valence-electron chi connectivity index (χ0n) is 11.5. The van der Waals surface area contributed by atoms with E-state index in [0.29, 0.717) is 6.04 Å². The lowest BCUT2D eigenvalue weighted by molar-refractivity contribution is 0.481. The molecule has 1 rings (SSSR count). The van der Waals surface area contributed by atoms with E-state index in [1.165, 1.54) is 37.7 Å². The first-order valence-electron chi connectivity index (χ1n) is 6.93. The highest BCUT2D eigenvalue weighted by molar-refractivity contribution is 5.19. The van der Waals surface area contributed by atoms with Crippen molar-refractivity contribution < 1.29 is 0 Å². The molecule has 1 aromatic heterocycles. The van der Waals surface area contributed by atoms with E-state index >= 15 is 0 Å². The van der Waals surface area contributed by atoms with Crippen LogP contribution in [0.25, 0.3) is 0 Å². The van der Waals surface area contributed by atoms with Gasteiger partial charge in [-0.25, -0.2) is 0 Å². The van der Waals surface area contributed by atoms with Crippen LogP contribution in [0.4, 0.5) is 0 Å². The summed E-state index contributed by atoms with van der Waals surface area (Å²) < 4.78 is 0. The summed E-state index contributed by atoms with van der Waals surface area (Å²) in [7, 11) is 0. The lowest BCUT2D eigenvalue weighted by Crippen LogP contribution is -2.21. The summed E-state index contributed by atoms with van der Waals surface area (Å²) in [5.41, 5.74) is 2.50. The highest BCUT2D eigenvalue weighted by atomic mass is 14.9. The van der Waals surface area contributed by atoms with Gasteiger partial charge in [-0.05, 0) is 37.6 Å². The van der Waals surface area contributed by atoms with Gasteiger partial charge in [0.25, 0.3) is 0 Å². The van der Waals surface area contributed by atoms with Crippen molar-refractivity contribution in [1.82, 2.24) is 10.3 Å². The van der Waals surface area contributed by atoms with Crippen LogP contribution in [0.5, 0.6) is 0 Å². The highest BCUT2D eigenvalue weighted by Crippen LogP contribution is 2.20. The number of rotatable bonds is 8. The summed E-state index contributed by atoms with van der Waals surface area (Å²) in [6.45, 7) is 7.52. The molecular formula is C15H26N2. The normalized spacial score (nSPS) is 12.6. The molecule has 1 N–H and O–H groups in total. The van der Waals surface area contributed by atoms with E-state index in [2.05, 4.69) is 43.2 Å². The van der Waals surface area contributed by atoms with Crippen LogP contribution in [-0.4, -0.2) is 11.5 Å². The van der Waals surface area contributed by atoms with Gasteiger partial charge in [-0.2, -0.15) is 0 Å². The Hall–Kier alpha value is -0.890. The van der Waals surface area contributed by atoms with Gasteiger partial charge in [0.15, 0.2) is 0 Å². The lowest BCUT2D eigenvalue weighted by Gasteiger charge is -2.18. The minimum absolute atomic E-state index is 0.499. The molecule has 0 aromatic carbocycles. The Balaban J connectivity index is 2.52. The molecule has 1 unspecified atom stereocenters. The van der Waals surface area contributed by atoms with Crippen molar-refractivity contribution in [3.05, 3.63) is 29.6 Å². The molecule has 0 spiro atoms. The zero-order valence-corrected chi connectivity index (χ0v) is 11.5. The maximum absolute atomic E-state index is 4.26. The first-order valence-corrected chi connectivity index (χ1v) is 6.93. The maximum atomic E-state index is 4.26. The van der Waals surface area contributed by atoms with E-state index in [1.54, 1.807) is 0 Å². The molecule has 2 nitrogen and oxygen atoms in total. The van der Waals surface area contributed by atoms with E-state index in [1.807, 2.05) is 6.20 Å². The van der Waals surface area contributed by atoms with Crippen molar-refractivity contribution in [1.29, 1.82) is 0 Å². The molecule has 0 aliphatic heterocycles. The quantitative estimate of drug-likeness (QED) is 0.687. The summed E-state index contributed by atoms with van der Waals surface area (Å²) in [5.74, 6) is 0. The average Bonchev–Trinajstić information content (AvgIpc) is 2.33. The summed E-state index contributed by atoms with van der Waals surface area (Å²) in [5, 5.41) is 3.58. The van der Waals surface area contributed by atoms with Crippen LogP contribution < -0.4 is 5.32 Å². The maximum Gasteiger partial charge on any atom is 0.0375 e. The van der Waals surface area contributed by atoms with E-state index in [-0.39, 0.29) is 0 Å². The Bertz CT molecular complexity index is 310. The number of hydrogen-bond donors (Lipinski definition) is 1. The van der Waals surface area contributed by atoms with Gasteiger partial charge < -0.3 is 5.32 Å². The summed E-state index contributed by atoms with van der Waals surface area (Å²) in [6, 6.07) is 4.84. The molecule has 1 atom stereocenters. The molecule has 1 aromatic rings. The van der Waals surface area contributed by atoms with Crippen LogP contribution in [0.3, 0.4) is 0 Å². The average molecular weight is 234 g/mol. The van der Waals surface area contributed by atoms with Gasteiger partial charge in [0, 0.05) is 17.9 Å². The van der Waals surface area contributed by atoms with Crippen molar-refractivity contribution in [2.75, 3.05) is 6.54 Å². The van der Waals surface area contributed by atoms with Gasteiger partial charge in [-0.1, -0.05) is 39.5 Å². The molecule has 96 valence electrons. The second-order valence-corrected chi connectivity index (χ2v) is 4.69. The van der Waals surface area contributed by atoms with Crippen LogP contribution in [0.1, 0.15) is 63.3 Å². The van der Waals surface area contributed by atoms with Crippen molar-refractivity contribution in [3.8, 4) is 0 Å². The number of nitrogens with zero attached hydrogens (tertiary/aromatic N) is 1. The van der Waals surface area contributed by atoms with Crippen LogP contribution in [0, 0.1) is 6.92 Å². The number of aromatic nitrogens is 1. The van der Waals surface area contributed by atoms with Gasteiger partial charge in [0.05, 0.1) is 0 Å². The summed E-state index contributed by atoms with van der Waals surface area (Å²) >= 11 is 0. The molecule has 0 aliphatic carbocycles. The molecule has 0 amide bonds. The fourth-order valence-corrected chi connectivity index (χ4v) is 2.19. The first kappa shape index (κ1) is 14.2. The third-order valence-electron chi connectivity index (χ3n) is 3.12. The van der Waals surface area contributed by atoms with E-state index in [9.17, 15) is 0 Å². The van der Waals surface area contributed by atoms with Crippen LogP contribution in [-0.2, 0) is 0 Å². The smallest absolute Gasteiger partial charge is 0.0375 e. The predicted molar refractivity (Wildman–Crippen MR) is 74.2 cm³/mol. The molecule has 2 heteroatoms. The van der Waals surface area contributed by atoms with Crippen LogP contribution >= 0.6 is 0 Å². The molecule has 0 aliphatic rings. The van der Waals surface area contributed by atoms with Crippen LogP contribution in [0.15, 0.2) is 18.3 Å². The monoisotopic (exact) mass is 234 g/mol. The number of hydrogen-bond acceptors (Lipinski definition) is 2. The SMILES string of the molecule is CCCCCCC(NCC)c1ccnc(C)c1. The minimum atomic E-state index is 0.499. The minimum Gasteiger partial charge on any atom is -0.310 e. The second-order valence-electron chi connectivity index (χ2n) is 4.69. The fraction of sp³-hybridized carbons (Fsp3) is 0.667. The predicted octanol–water partition coefficient (Wildman–Crippen LogP) is 4.01. The first-order chi connectivity index (χ1) is 8.27. The van der Waals surface area contributed by atoms with Crippen molar-refractivity contribution in [3.63, 3.8) is 0 Å². The van der Waals surface area contributed by atoms with Gasteiger partial charge in [0.1, 0.15) is 0 Å². The van der Waals surface area contributed by atoms with Gasteiger partial charge in [-0.3, -0.25) is 4.98 Å². The Kier molecular flexibility index (Phi) is 6.87. The van der Waals surface area contributed by atoms with Crippen LogP contribution in [0.2, 0.25) is 0 Å². The van der Waals surface area contributed by atoms with E-state index in [4.69, 9.17) is 0 Å². The fourth-order valence-electron chi connectivity index (χ4n) is 2.19. The molecule has 0 saturated heterocycles. The molecule has 0 radical (unpaired) electrons. The number of unbranched alkanes of at least 4 members (excludes halogenated alkanes) is 3. The number of pyridine rings is 1. The summed E-state index contributed by atoms with van der Waals surface area (Å²) in [6.07, 6.45) is 8.47. The Labute approximate surface area is 106 Å². The Morgan fingerprint density at radius 1 is 1.24 bits per heavy atom.